The van der Waals surface area contributed by atoms with Crippen molar-refractivity contribution in [1.29, 1.82) is 0 Å². The summed E-state index contributed by atoms with van der Waals surface area (Å²) in [6.45, 7) is 2.13. The van der Waals surface area contributed by atoms with Gasteiger partial charge >= 0.3 is 0 Å². The number of nitrogens with zero attached hydrogens (tertiary/aromatic N) is 2. The van der Waals surface area contributed by atoms with Crippen molar-refractivity contribution in [3.63, 3.8) is 0 Å². The van der Waals surface area contributed by atoms with Crippen LogP contribution in [0.25, 0.3) is 38.8 Å². The topological polar surface area (TPSA) is 17.3 Å². The molecular formula is C24H18N2. The van der Waals surface area contributed by atoms with Gasteiger partial charge in [-0.15, -0.1) is 0 Å². The van der Waals surface area contributed by atoms with Crippen molar-refractivity contribution in [2.45, 2.75) is 6.92 Å². The quantitative estimate of drug-likeness (QED) is 0.379. The third kappa shape index (κ3) is 2.39. The van der Waals surface area contributed by atoms with Gasteiger partial charge in [-0.05, 0) is 30.5 Å². The standard InChI is InChI=1S/C24H18N2/c1-17-12-13-20-15-23(19-10-6-3-7-11-19)26-24(21(20)14-17)16-22(25-26)18-8-4-2-5-9-18/h2-16H,1H3. The van der Waals surface area contributed by atoms with E-state index in [9.17, 15) is 0 Å². The maximum absolute atomic E-state index is 4.96. The molecule has 2 heteroatoms. The van der Waals surface area contributed by atoms with E-state index in [1.807, 2.05) is 12.1 Å². The molecule has 0 aliphatic carbocycles. The van der Waals surface area contributed by atoms with E-state index in [-0.39, 0.29) is 0 Å². The zero-order valence-corrected chi connectivity index (χ0v) is 14.6. The zero-order chi connectivity index (χ0) is 17.5. The first kappa shape index (κ1) is 14.9. The Labute approximate surface area is 152 Å². The number of aryl methyl sites for hydroxylation is 1. The van der Waals surface area contributed by atoms with E-state index in [2.05, 4.69) is 90.3 Å². The van der Waals surface area contributed by atoms with Crippen LogP contribution >= 0.6 is 0 Å². The third-order valence-corrected chi connectivity index (χ3v) is 4.85. The van der Waals surface area contributed by atoms with Crippen LogP contribution in [0.3, 0.4) is 0 Å². The van der Waals surface area contributed by atoms with Crippen molar-refractivity contribution in [3.05, 3.63) is 96.6 Å². The predicted molar refractivity (Wildman–Crippen MR) is 108 cm³/mol. The van der Waals surface area contributed by atoms with Crippen molar-refractivity contribution in [1.82, 2.24) is 9.61 Å². The number of rotatable bonds is 2. The van der Waals surface area contributed by atoms with Crippen LogP contribution in [0, 0.1) is 6.92 Å². The first-order valence-electron chi connectivity index (χ1n) is 8.83. The molecule has 0 aliphatic rings. The number of benzene rings is 3. The minimum Gasteiger partial charge on any atom is -0.232 e. The molecule has 0 bridgehead atoms. The second-order valence-corrected chi connectivity index (χ2v) is 6.68. The maximum Gasteiger partial charge on any atom is 0.0934 e. The van der Waals surface area contributed by atoms with Crippen LogP contribution in [0.5, 0.6) is 0 Å². The van der Waals surface area contributed by atoms with Crippen LogP contribution in [0.15, 0.2) is 91.0 Å². The van der Waals surface area contributed by atoms with E-state index in [1.165, 1.54) is 21.9 Å². The van der Waals surface area contributed by atoms with E-state index in [1.54, 1.807) is 0 Å². The van der Waals surface area contributed by atoms with Crippen LogP contribution < -0.4 is 0 Å². The summed E-state index contributed by atoms with van der Waals surface area (Å²) in [6.07, 6.45) is 0. The van der Waals surface area contributed by atoms with Crippen LogP contribution in [-0.2, 0) is 0 Å². The molecule has 124 valence electrons. The molecule has 0 amide bonds. The van der Waals surface area contributed by atoms with E-state index >= 15 is 0 Å². The highest BCUT2D eigenvalue weighted by Crippen LogP contribution is 2.31. The summed E-state index contributed by atoms with van der Waals surface area (Å²) in [5.74, 6) is 0. The van der Waals surface area contributed by atoms with E-state index in [0.717, 1.165) is 22.5 Å². The predicted octanol–water partition coefficient (Wildman–Crippen LogP) is 6.13. The smallest absolute Gasteiger partial charge is 0.0934 e. The van der Waals surface area contributed by atoms with Gasteiger partial charge in [0.1, 0.15) is 0 Å². The van der Waals surface area contributed by atoms with Crippen molar-refractivity contribution in [3.8, 4) is 22.5 Å². The van der Waals surface area contributed by atoms with Gasteiger partial charge in [0, 0.05) is 16.5 Å². The highest BCUT2D eigenvalue weighted by atomic mass is 15.2. The fraction of sp³-hybridized carbons (Fsp3) is 0.0417. The monoisotopic (exact) mass is 334 g/mol. The van der Waals surface area contributed by atoms with E-state index in [4.69, 9.17) is 5.10 Å². The molecule has 0 unspecified atom stereocenters. The number of aromatic nitrogens is 2. The summed E-state index contributed by atoms with van der Waals surface area (Å²) in [4.78, 5) is 0. The van der Waals surface area contributed by atoms with Gasteiger partial charge in [-0.1, -0.05) is 78.4 Å². The van der Waals surface area contributed by atoms with Crippen molar-refractivity contribution in [2.24, 2.45) is 0 Å². The molecule has 0 atom stereocenters. The van der Waals surface area contributed by atoms with Crippen LogP contribution in [0.2, 0.25) is 0 Å². The van der Waals surface area contributed by atoms with Crippen LogP contribution in [-0.4, -0.2) is 9.61 Å². The Bertz CT molecular complexity index is 1220. The zero-order valence-electron chi connectivity index (χ0n) is 14.6. The molecular weight excluding hydrogens is 316 g/mol. The molecule has 2 aromatic heterocycles. The second kappa shape index (κ2) is 5.85. The minimum atomic E-state index is 0.997. The van der Waals surface area contributed by atoms with Gasteiger partial charge < -0.3 is 0 Å². The van der Waals surface area contributed by atoms with Crippen LogP contribution in [0.1, 0.15) is 5.56 Å². The van der Waals surface area contributed by atoms with Crippen molar-refractivity contribution >= 4 is 16.3 Å². The molecule has 2 heterocycles. The van der Waals surface area contributed by atoms with Crippen LogP contribution in [0.4, 0.5) is 0 Å². The Hall–Kier alpha value is -3.39. The SMILES string of the molecule is Cc1ccc2cc(-c3ccccc3)n3nc(-c4ccccc4)cc3c2c1. The van der Waals surface area contributed by atoms with Gasteiger partial charge in [-0.3, -0.25) is 0 Å². The Morgan fingerprint density at radius 2 is 1.38 bits per heavy atom. The summed E-state index contributed by atoms with van der Waals surface area (Å²) in [5, 5.41) is 7.43. The fourth-order valence-corrected chi connectivity index (χ4v) is 3.55. The molecule has 26 heavy (non-hydrogen) atoms. The van der Waals surface area contributed by atoms with Gasteiger partial charge in [0.05, 0.1) is 16.9 Å². The molecule has 3 aromatic carbocycles. The molecule has 0 saturated carbocycles. The number of hydrogen-bond donors (Lipinski definition) is 0. The Morgan fingerprint density at radius 1 is 0.692 bits per heavy atom. The van der Waals surface area contributed by atoms with E-state index in [0.29, 0.717) is 0 Å². The van der Waals surface area contributed by atoms with Gasteiger partial charge in [0.25, 0.3) is 0 Å². The number of pyridine rings is 1. The fourth-order valence-electron chi connectivity index (χ4n) is 3.55. The van der Waals surface area contributed by atoms with Crippen molar-refractivity contribution in [2.75, 3.05) is 0 Å². The molecule has 2 nitrogen and oxygen atoms in total. The summed E-state index contributed by atoms with van der Waals surface area (Å²) in [6, 6.07) is 31.9. The lowest BCUT2D eigenvalue weighted by Crippen LogP contribution is -1.95. The molecule has 5 rings (SSSR count). The van der Waals surface area contributed by atoms with Gasteiger partial charge in [-0.25, -0.2) is 4.52 Å². The molecule has 0 N–H and O–H groups in total. The Balaban J connectivity index is 1.89. The minimum absolute atomic E-state index is 0.997. The Morgan fingerprint density at radius 3 is 2.12 bits per heavy atom. The molecule has 0 fully saturated rings. The summed E-state index contributed by atoms with van der Waals surface area (Å²) in [7, 11) is 0. The summed E-state index contributed by atoms with van der Waals surface area (Å²) < 4.78 is 2.08. The Kier molecular flexibility index (Phi) is 3.36. The number of hydrogen-bond acceptors (Lipinski definition) is 1. The molecule has 0 saturated heterocycles. The molecule has 0 radical (unpaired) electrons. The average Bonchev–Trinajstić information content (AvgIpc) is 3.15. The number of fused-ring (bicyclic) bond motifs is 3. The van der Waals surface area contributed by atoms with Crippen molar-refractivity contribution < 1.29 is 0 Å². The summed E-state index contributed by atoms with van der Waals surface area (Å²) >= 11 is 0. The first-order chi connectivity index (χ1) is 12.8. The molecule has 0 spiro atoms. The third-order valence-electron chi connectivity index (χ3n) is 4.85. The molecule has 0 aliphatic heterocycles. The lowest BCUT2D eigenvalue weighted by Gasteiger charge is -2.09. The van der Waals surface area contributed by atoms with Gasteiger partial charge in [-0.2, -0.15) is 5.10 Å². The largest absolute Gasteiger partial charge is 0.232 e. The maximum atomic E-state index is 4.96. The van der Waals surface area contributed by atoms with Gasteiger partial charge in [0.15, 0.2) is 0 Å². The first-order valence-corrected chi connectivity index (χ1v) is 8.83. The van der Waals surface area contributed by atoms with E-state index < -0.39 is 0 Å². The van der Waals surface area contributed by atoms with Gasteiger partial charge in [0.2, 0.25) is 0 Å². The summed E-state index contributed by atoms with van der Waals surface area (Å²) in [5.41, 5.74) is 6.81. The molecule has 5 aromatic rings. The highest BCUT2D eigenvalue weighted by Gasteiger charge is 2.13. The average molecular weight is 334 g/mol. The highest BCUT2D eigenvalue weighted by molar-refractivity contribution is 5.99. The normalized spacial score (nSPS) is 11.3. The lowest BCUT2D eigenvalue weighted by molar-refractivity contribution is 0.979. The lowest BCUT2D eigenvalue weighted by atomic mass is 10.0. The second-order valence-electron chi connectivity index (χ2n) is 6.68.